The van der Waals surface area contributed by atoms with Crippen molar-refractivity contribution in [3.8, 4) is 16.9 Å². The zero-order chi connectivity index (χ0) is 29.2. The van der Waals surface area contributed by atoms with Gasteiger partial charge < -0.3 is 20.1 Å². The van der Waals surface area contributed by atoms with Crippen LogP contribution in [0.15, 0.2) is 53.9 Å². The topological polar surface area (TPSA) is 89.5 Å². The van der Waals surface area contributed by atoms with Gasteiger partial charge >= 0.3 is 5.97 Å². The smallest absolute Gasteiger partial charge is 0.328 e. The molecule has 218 valence electrons. The maximum absolute atomic E-state index is 13.3. The van der Waals surface area contributed by atoms with Crippen molar-refractivity contribution in [3.05, 3.63) is 64.6 Å². The fraction of sp³-hybridized carbons (Fsp3) is 0.438. The highest BCUT2D eigenvalue weighted by molar-refractivity contribution is 7.80. The van der Waals surface area contributed by atoms with E-state index >= 15 is 0 Å². The summed E-state index contributed by atoms with van der Waals surface area (Å²) in [6, 6.07) is 15.2. The standard InChI is InChI=1S/C32H39N3O4S2/c1-4-39-32(37)21(2)33-29(40)18-14-22-9-8-12-24(15-13-22)31-35-28(20-41-31)30(36)34-27-19-25(38-3)16-17-26(27)23-10-6-5-7-11-23/h5-7,10-11,16-17,19-22,24H,4,8-9,12-15,18H2,1-3H3,(H,33,40)(H,34,36). The molecule has 0 saturated heterocycles. The SMILES string of the molecule is CCOC(=O)C(C)NC(=S)CCC1CCCC(c2nc(C(=O)Nc3cc(OC)ccc3-c3ccccc3)cs2)CC1. The van der Waals surface area contributed by atoms with Crippen LogP contribution in [0.25, 0.3) is 11.1 Å². The van der Waals surface area contributed by atoms with E-state index in [-0.39, 0.29) is 11.9 Å². The monoisotopic (exact) mass is 593 g/mol. The molecule has 7 nitrogen and oxygen atoms in total. The molecule has 2 N–H and O–H groups in total. The summed E-state index contributed by atoms with van der Waals surface area (Å²) in [4.78, 5) is 30.6. The Morgan fingerprint density at radius 2 is 1.93 bits per heavy atom. The number of thiocarbonyl (C=S) groups is 1. The van der Waals surface area contributed by atoms with E-state index in [2.05, 4.69) is 10.6 Å². The van der Waals surface area contributed by atoms with Crippen molar-refractivity contribution in [2.45, 2.75) is 70.8 Å². The highest BCUT2D eigenvalue weighted by Gasteiger charge is 2.24. The summed E-state index contributed by atoms with van der Waals surface area (Å²) in [6.07, 6.45) is 7.28. The van der Waals surface area contributed by atoms with Crippen molar-refractivity contribution < 1.29 is 19.1 Å². The van der Waals surface area contributed by atoms with Gasteiger partial charge in [-0.25, -0.2) is 9.78 Å². The van der Waals surface area contributed by atoms with Gasteiger partial charge in [-0.15, -0.1) is 11.3 Å². The summed E-state index contributed by atoms with van der Waals surface area (Å²) in [5.74, 6) is 1.13. The molecule has 0 aliphatic heterocycles. The number of rotatable bonds is 11. The lowest BCUT2D eigenvalue weighted by Crippen LogP contribution is -2.38. The first-order valence-electron chi connectivity index (χ1n) is 14.3. The van der Waals surface area contributed by atoms with E-state index in [1.165, 1.54) is 0 Å². The van der Waals surface area contributed by atoms with Crippen LogP contribution in [0.1, 0.15) is 80.2 Å². The third-order valence-corrected chi connectivity index (χ3v) is 8.88. The Kier molecular flexibility index (Phi) is 11.3. The van der Waals surface area contributed by atoms with E-state index in [1.807, 2.05) is 53.9 Å². The molecule has 1 aromatic heterocycles. The van der Waals surface area contributed by atoms with Crippen LogP contribution in [-0.2, 0) is 9.53 Å². The van der Waals surface area contributed by atoms with Crippen molar-refractivity contribution in [2.24, 2.45) is 5.92 Å². The van der Waals surface area contributed by atoms with Crippen LogP contribution in [0.4, 0.5) is 5.69 Å². The van der Waals surface area contributed by atoms with Gasteiger partial charge in [0.1, 0.15) is 17.5 Å². The van der Waals surface area contributed by atoms with Gasteiger partial charge in [0.15, 0.2) is 0 Å². The summed E-state index contributed by atoms with van der Waals surface area (Å²) < 4.78 is 10.5. The summed E-state index contributed by atoms with van der Waals surface area (Å²) >= 11 is 7.06. The van der Waals surface area contributed by atoms with Crippen LogP contribution in [0.3, 0.4) is 0 Å². The summed E-state index contributed by atoms with van der Waals surface area (Å²) in [5, 5.41) is 9.07. The summed E-state index contributed by atoms with van der Waals surface area (Å²) in [6.45, 7) is 3.94. The zero-order valence-electron chi connectivity index (χ0n) is 24.0. The van der Waals surface area contributed by atoms with Gasteiger partial charge in [-0.3, -0.25) is 4.79 Å². The Morgan fingerprint density at radius 3 is 2.68 bits per heavy atom. The lowest BCUT2D eigenvalue weighted by molar-refractivity contribution is -0.144. The normalized spacial score (nSPS) is 17.6. The third-order valence-electron chi connectivity index (χ3n) is 7.55. The Morgan fingerprint density at radius 1 is 1.12 bits per heavy atom. The van der Waals surface area contributed by atoms with E-state index in [9.17, 15) is 9.59 Å². The van der Waals surface area contributed by atoms with Crippen LogP contribution in [0, 0.1) is 5.92 Å². The van der Waals surface area contributed by atoms with Gasteiger partial charge in [0.25, 0.3) is 5.91 Å². The number of benzene rings is 2. The zero-order valence-corrected chi connectivity index (χ0v) is 25.6. The van der Waals surface area contributed by atoms with E-state index in [0.717, 1.165) is 61.1 Å². The number of methoxy groups -OCH3 is 1. The first kappa shape index (κ1) is 30.7. The van der Waals surface area contributed by atoms with Gasteiger partial charge in [-0.2, -0.15) is 0 Å². The number of hydrogen-bond acceptors (Lipinski definition) is 7. The van der Waals surface area contributed by atoms with E-state index in [0.29, 0.717) is 40.6 Å². The van der Waals surface area contributed by atoms with Gasteiger partial charge in [0.05, 0.1) is 29.4 Å². The highest BCUT2D eigenvalue weighted by Crippen LogP contribution is 2.37. The number of amides is 1. The second-order valence-electron chi connectivity index (χ2n) is 10.5. The molecule has 1 aliphatic carbocycles. The molecule has 0 spiro atoms. The first-order valence-corrected chi connectivity index (χ1v) is 15.6. The molecule has 41 heavy (non-hydrogen) atoms. The van der Waals surface area contributed by atoms with Crippen LogP contribution >= 0.6 is 23.6 Å². The molecule has 3 unspecified atom stereocenters. The van der Waals surface area contributed by atoms with Crippen molar-refractivity contribution in [3.63, 3.8) is 0 Å². The van der Waals surface area contributed by atoms with Crippen LogP contribution in [0.5, 0.6) is 5.75 Å². The number of nitrogens with zero attached hydrogens (tertiary/aromatic N) is 1. The minimum Gasteiger partial charge on any atom is -0.497 e. The highest BCUT2D eigenvalue weighted by atomic mass is 32.1. The lowest BCUT2D eigenvalue weighted by Gasteiger charge is -2.17. The number of hydrogen-bond donors (Lipinski definition) is 2. The van der Waals surface area contributed by atoms with Gasteiger partial charge in [0.2, 0.25) is 0 Å². The largest absolute Gasteiger partial charge is 0.497 e. The molecule has 1 saturated carbocycles. The Bertz CT molecular complexity index is 1330. The number of thiazole rings is 1. The number of esters is 1. The van der Waals surface area contributed by atoms with Gasteiger partial charge in [0, 0.05) is 22.9 Å². The minimum atomic E-state index is -0.425. The predicted molar refractivity (Wildman–Crippen MR) is 169 cm³/mol. The molecule has 9 heteroatoms. The number of anilines is 1. The van der Waals surface area contributed by atoms with Gasteiger partial charge in [-0.1, -0.05) is 55.4 Å². The Labute approximate surface area is 252 Å². The maximum Gasteiger partial charge on any atom is 0.328 e. The average Bonchev–Trinajstić information content (AvgIpc) is 3.36. The second kappa shape index (κ2) is 15.1. The molecular formula is C32H39N3O4S2. The molecule has 1 heterocycles. The minimum absolute atomic E-state index is 0.220. The number of nitrogens with one attached hydrogen (secondary N) is 2. The van der Waals surface area contributed by atoms with Crippen molar-refractivity contribution in [1.82, 2.24) is 10.3 Å². The molecule has 0 radical (unpaired) electrons. The van der Waals surface area contributed by atoms with Crippen LogP contribution < -0.4 is 15.4 Å². The molecular weight excluding hydrogens is 555 g/mol. The van der Waals surface area contributed by atoms with E-state index in [4.69, 9.17) is 26.7 Å². The molecule has 3 aromatic rings. The van der Waals surface area contributed by atoms with Crippen molar-refractivity contribution in [2.75, 3.05) is 19.0 Å². The fourth-order valence-corrected chi connectivity index (χ4v) is 6.54. The average molecular weight is 594 g/mol. The molecule has 1 fully saturated rings. The molecule has 2 aromatic carbocycles. The van der Waals surface area contributed by atoms with E-state index in [1.54, 1.807) is 32.3 Å². The maximum atomic E-state index is 13.3. The van der Waals surface area contributed by atoms with Crippen LogP contribution in [0.2, 0.25) is 0 Å². The number of carbonyl (C=O) groups is 2. The summed E-state index contributed by atoms with van der Waals surface area (Å²) in [5.41, 5.74) is 3.08. The second-order valence-corrected chi connectivity index (χ2v) is 11.8. The first-order chi connectivity index (χ1) is 19.9. The summed E-state index contributed by atoms with van der Waals surface area (Å²) in [7, 11) is 1.62. The van der Waals surface area contributed by atoms with Crippen LogP contribution in [-0.4, -0.2) is 41.6 Å². The molecule has 0 bridgehead atoms. The molecule has 1 aliphatic rings. The quantitative estimate of drug-likeness (QED) is 0.136. The molecule has 1 amide bonds. The fourth-order valence-electron chi connectivity index (χ4n) is 5.28. The molecule has 4 rings (SSSR count). The predicted octanol–water partition coefficient (Wildman–Crippen LogP) is 7.38. The molecule has 3 atom stereocenters. The van der Waals surface area contributed by atoms with E-state index < -0.39 is 6.04 Å². The van der Waals surface area contributed by atoms with Crippen molar-refractivity contribution in [1.29, 1.82) is 0 Å². The lowest BCUT2D eigenvalue weighted by atomic mass is 9.94. The number of carbonyl (C=O) groups excluding carboxylic acids is 2. The number of aromatic nitrogens is 1. The Balaban J connectivity index is 1.33. The third kappa shape index (κ3) is 8.60. The number of ether oxygens (including phenoxy) is 2. The van der Waals surface area contributed by atoms with Crippen molar-refractivity contribution >= 4 is 46.1 Å². The van der Waals surface area contributed by atoms with Gasteiger partial charge in [-0.05, 0) is 69.6 Å². The Hall–Kier alpha value is -3.30.